The number of anilines is 1. The molecule has 3 aromatic rings. The van der Waals surface area contributed by atoms with Gasteiger partial charge >= 0.3 is 6.03 Å². The Bertz CT molecular complexity index is 1100. The average molecular weight is 468 g/mol. The molecule has 2 N–H and O–H groups in total. The van der Waals surface area contributed by atoms with Crippen molar-refractivity contribution in [3.05, 3.63) is 81.6 Å². The smallest absolute Gasteiger partial charge is 0.342 e. The molecule has 174 valence electrons. The summed E-state index contributed by atoms with van der Waals surface area (Å²) in [5.74, 6) is -0.255. The van der Waals surface area contributed by atoms with E-state index in [-0.39, 0.29) is 5.91 Å². The minimum atomic E-state index is -0.392. The molecule has 2 amide bonds. The van der Waals surface area contributed by atoms with Crippen LogP contribution >= 0.6 is 11.6 Å². The second-order valence-electron chi connectivity index (χ2n) is 7.76. The van der Waals surface area contributed by atoms with Crippen molar-refractivity contribution in [2.24, 2.45) is 0 Å². The van der Waals surface area contributed by atoms with Crippen LogP contribution in [0.25, 0.3) is 0 Å². The van der Waals surface area contributed by atoms with Gasteiger partial charge in [0, 0.05) is 36.9 Å². The molecule has 7 nitrogen and oxygen atoms in total. The van der Waals surface area contributed by atoms with Gasteiger partial charge in [-0.2, -0.15) is 9.78 Å². The Kier molecular flexibility index (Phi) is 8.11. The van der Waals surface area contributed by atoms with Gasteiger partial charge in [-0.15, -0.1) is 0 Å². The Balaban J connectivity index is 1.63. The lowest BCUT2D eigenvalue weighted by molar-refractivity contribution is 0.0949. The molecular formula is C25H30ClN5O2. The van der Waals surface area contributed by atoms with Crippen molar-refractivity contribution in [2.45, 2.75) is 40.8 Å². The van der Waals surface area contributed by atoms with E-state index in [0.29, 0.717) is 35.1 Å². The predicted molar refractivity (Wildman–Crippen MR) is 132 cm³/mol. The fraction of sp³-hybridized carbons (Fsp3) is 0.320. The van der Waals surface area contributed by atoms with Gasteiger partial charge < -0.3 is 15.5 Å². The van der Waals surface area contributed by atoms with Gasteiger partial charge in [-0.05, 0) is 63.1 Å². The van der Waals surface area contributed by atoms with E-state index in [0.717, 1.165) is 29.9 Å². The number of nitrogens with one attached hydrogen (secondary N) is 2. The van der Waals surface area contributed by atoms with Gasteiger partial charge in [0.2, 0.25) is 0 Å². The number of carbonyl (C=O) groups excluding carboxylic acids is 2. The minimum Gasteiger partial charge on any atom is -0.372 e. The zero-order valence-corrected chi connectivity index (χ0v) is 20.2. The fourth-order valence-corrected chi connectivity index (χ4v) is 3.83. The van der Waals surface area contributed by atoms with E-state index in [1.165, 1.54) is 4.68 Å². The van der Waals surface area contributed by atoms with Crippen LogP contribution in [0.5, 0.6) is 0 Å². The number of aromatic nitrogens is 2. The fourth-order valence-electron chi connectivity index (χ4n) is 3.71. The van der Waals surface area contributed by atoms with Gasteiger partial charge in [-0.3, -0.25) is 4.79 Å². The first-order valence-corrected chi connectivity index (χ1v) is 11.4. The highest BCUT2D eigenvalue weighted by atomic mass is 35.5. The van der Waals surface area contributed by atoms with Crippen molar-refractivity contribution in [1.29, 1.82) is 0 Å². The molecular weight excluding hydrogens is 438 g/mol. The van der Waals surface area contributed by atoms with Gasteiger partial charge in [0.05, 0.1) is 17.0 Å². The van der Waals surface area contributed by atoms with E-state index in [1.54, 1.807) is 26.0 Å². The maximum atomic E-state index is 12.9. The molecule has 0 fully saturated rings. The van der Waals surface area contributed by atoms with Gasteiger partial charge in [-0.25, -0.2) is 4.79 Å². The normalized spacial score (nSPS) is 10.7. The number of rotatable bonds is 8. The maximum absolute atomic E-state index is 12.9. The van der Waals surface area contributed by atoms with E-state index in [1.807, 2.05) is 24.3 Å². The Morgan fingerprint density at radius 1 is 0.909 bits per heavy atom. The van der Waals surface area contributed by atoms with Crippen LogP contribution in [0.1, 0.15) is 46.7 Å². The van der Waals surface area contributed by atoms with Crippen molar-refractivity contribution in [3.8, 4) is 0 Å². The van der Waals surface area contributed by atoms with Crippen LogP contribution in [0.2, 0.25) is 5.02 Å². The molecule has 33 heavy (non-hydrogen) atoms. The number of nitrogens with zero attached hydrogens (tertiary/aromatic N) is 3. The standard InChI is InChI=1S/C25H30ClN5O2/c1-5-30(6-2)22-13-9-20(10-14-22)15-27-24(32)23-17(3)29-31(18(23)4)25(33)28-16-19-7-11-21(26)12-8-19/h7-14H,5-6,15-16H2,1-4H3,(H,27,32)(H,28,33). The monoisotopic (exact) mass is 467 g/mol. The van der Waals surface area contributed by atoms with Crippen LogP contribution in [0, 0.1) is 13.8 Å². The van der Waals surface area contributed by atoms with Crippen LogP contribution < -0.4 is 15.5 Å². The number of amides is 2. The van der Waals surface area contributed by atoms with Crippen molar-refractivity contribution >= 4 is 29.2 Å². The van der Waals surface area contributed by atoms with Crippen molar-refractivity contribution in [1.82, 2.24) is 20.4 Å². The van der Waals surface area contributed by atoms with E-state index < -0.39 is 6.03 Å². The van der Waals surface area contributed by atoms with Gasteiger partial charge in [0.25, 0.3) is 5.91 Å². The Labute approximate surface area is 199 Å². The number of aryl methyl sites for hydroxylation is 1. The molecule has 0 saturated heterocycles. The van der Waals surface area contributed by atoms with E-state index >= 15 is 0 Å². The highest BCUT2D eigenvalue weighted by Crippen LogP contribution is 2.16. The molecule has 1 aromatic heterocycles. The van der Waals surface area contributed by atoms with Crippen LogP contribution in [0.15, 0.2) is 48.5 Å². The second kappa shape index (κ2) is 11.0. The molecule has 0 aliphatic rings. The first-order valence-electron chi connectivity index (χ1n) is 11.0. The number of carbonyl (C=O) groups is 2. The van der Waals surface area contributed by atoms with Gasteiger partial charge in [0.1, 0.15) is 0 Å². The molecule has 0 atom stereocenters. The molecule has 0 unspecified atom stereocenters. The molecule has 3 rings (SSSR count). The van der Waals surface area contributed by atoms with Crippen molar-refractivity contribution in [2.75, 3.05) is 18.0 Å². The molecule has 0 aliphatic carbocycles. The first-order chi connectivity index (χ1) is 15.8. The zero-order valence-electron chi connectivity index (χ0n) is 19.5. The molecule has 0 radical (unpaired) electrons. The lowest BCUT2D eigenvalue weighted by atomic mass is 10.1. The Hall–Kier alpha value is -3.32. The maximum Gasteiger partial charge on any atom is 0.342 e. The molecule has 1 heterocycles. The van der Waals surface area contributed by atoms with E-state index in [2.05, 4.69) is 46.6 Å². The van der Waals surface area contributed by atoms with Crippen LogP contribution in [-0.2, 0) is 13.1 Å². The highest BCUT2D eigenvalue weighted by Gasteiger charge is 2.21. The molecule has 2 aromatic carbocycles. The summed E-state index contributed by atoms with van der Waals surface area (Å²) in [6.45, 7) is 10.3. The second-order valence-corrected chi connectivity index (χ2v) is 8.20. The number of hydrogen-bond acceptors (Lipinski definition) is 4. The van der Waals surface area contributed by atoms with Crippen LogP contribution in [0.4, 0.5) is 10.5 Å². The predicted octanol–water partition coefficient (Wildman–Crippen LogP) is 4.69. The van der Waals surface area contributed by atoms with Gasteiger partial charge in [-0.1, -0.05) is 35.9 Å². The third-order valence-corrected chi connectivity index (χ3v) is 5.84. The van der Waals surface area contributed by atoms with E-state index in [4.69, 9.17) is 11.6 Å². The molecule has 0 bridgehead atoms. The number of benzene rings is 2. The summed E-state index contributed by atoms with van der Waals surface area (Å²) in [4.78, 5) is 27.8. The SMILES string of the molecule is CCN(CC)c1ccc(CNC(=O)c2c(C)nn(C(=O)NCc3ccc(Cl)cc3)c2C)cc1. The topological polar surface area (TPSA) is 79.3 Å². The zero-order chi connectivity index (χ0) is 24.0. The summed E-state index contributed by atoms with van der Waals surface area (Å²) in [5, 5.41) is 10.7. The summed E-state index contributed by atoms with van der Waals surface area (Å²) in [6, 6.07) is 15.0. The van der Waals surface area contributed by atoms with Crippen LogP contribution in [0.3, 0.4) is 0 Å². The summed E-state index contributed by atoms with van der Waals surface area (Å²) in [7, 11) is 0. The summed E-state index contributed by atoms with van der Waals surface area (Å²) < 4.78 is 1.24. The molecule has 0 saturated carbocycles. The van der Waals surface area contributed by atoms with Gasteiger partial charge in [0.15, 0.2) is 0 Å². The quantitative estimate of drug-likeness (QED) is 0.503. The lowest BCUT2D eigenvalue weighted by Crippen LogP contribution is -2.30. The largest absolute Gasteiger partial charge is 0.372 e. The molecule has 0 aliphatic heterocycles. The first kappa shape index (κ1) is 24.3. The van der Waals surface area contributed by atoms with Crippen molar-refractivity contribution < 1.29 is 9.59 Å². The van der Waals surface area contributed by atoms with Crippen molar-refractivity contribution in [3.63, 3.8) is 0 Å². The lowest BCUT2D eigenvalue weighted by Gasteiger charge is -2.21. The summed E-state index contributed by atoms with van der Waals surface area (Å²) in [5.41, 5.74) is 4.49. The third-order valence-electron chi connectivity index (χ3n) is 5.59. The van der Waals surface area contributed by atoms with Crippen LogP contribution in [-0.4, -0.2) is 34.8 Å². The average Bonchev–Trinajstić information content (AvgIpc) is 3.12. The molecule has 0 spiro atoms. The number of hydrogen-bond donors (Lipinski definition) is 2. The third kappa shape index (κ3) is 5.93. The minimum absolute atomic E-state index is 0.255. The summed E-state index contributed by atoms with van der Waals surface area (Å²) in [6.07, 6.45) is 0. The Morgan fingerprint density at radius 3 is 2.03 bits per heavy atom. The highest BCUT2D eigenvalue weighted by molar-refractivity contribution is 6.30. The Morgan fingerprint density at radius 2 is 1.45 bits per heavy atom. The number of halogens is 1. The summed E-state index contributed by atoms with van der Waals surface area (Å²) >= 11 is 5.90. The van der Waals surface area contributed by atoms with E-state index in [9.17, 15) is 9.59 Å². The molecule has 8 heteroatoms.